The first-order valence-corrected chi connectivity index (χ1v) is 5.66. The number of benzene rings is 1. The van der Waals surface area contributed by atoms with E-state index in [2.05, 4.69) is 10.4 Å². The molecule has 1 aromatic heterocycles. The molecule has 0 amide bonds. The normalized spacial score (nSPS) is 10.4. The van der Waals surface area contributed by atoms with Gasteiger partial charge in [0.2, 0.25) is 0 Å². The van der Waals surface area contributed by atoms with Crippen LogP contribution in [0, 0.1) is 12.7 Å². The van der Waals surface area contributed by atoms with Gasteiger partial charge in [0.05, 0.1) is 13.3 Å². The van der Waals surface area contributed by atoms with Gasteiger partial charge >= 0.3 is 0 Å². The van der Waals surface area contributed by atoms with E-state index in [0.717, 1.165) is 16.9 Å². The first kappa shape index (κ1) is 12.4. The number of anilines is 1. The lowest BCUT2D eigenvalue weighted by molar-refractivity contribution is 0.386. The van der Waals surface area contributed by atoms with Crippen LogP contribution in [-0.4, -0.2) is 16.9 Å². The van der Waals surface area contributed by atoms with Crippen molar-refractivity contribution in [3.8, 4) is 5.75 Å². The van der Waals surface area contributed by atoms with Crippen LogP contribution in [0.15, 0.2) is 24.4 Å². The zero-order chi connectivity index (χ0) is 13.1. The minimum Gasteiger partial charge on any atom is -0.494 e. The van der Waals surface area contributed by atoms with Crippen LogP contribution in [0.3, 0.4) is 0 Å². The average Bonchev–Trinajstić information content (AvgIpc) is 2.68. The van der Waals surface area contributed by atoms with E-state index < -0.39 is 0 Å². The van der Waals surface area contributed by atoms with Crippen molar-refractivity contribution in [3.05, 3.63) is 41.5 Å². The zero-order valence-electron chi connectivity index (χ0n) is 10.7. The second kappa shape index (κ2) is 5.08. The van der Waals surface area contributed by atoms with Crippen LogP contribution in [0.4, 0.5) is 10.1 Å². The van der Waals surface area contributed by atoms with E-state index in [1.54, 1.807) is 12.1 Å². The summed E-state index contributed by atoms with van der Waals surface area (Å²) in [6.45, 7) is 2.62. The van der Waals surface area contributed by atoms with Gasteiger partial charge in [-0.1, -0.05) is 0 Å². The molecule has 0 fully saturated rings. The van der Waals surface area contributed by atoms with Crippen molar-refractivity contribution in [2.24, 2.45) is 7.05 Å². The molecule has 96 valence electrons. The SMILES string of the molecule is COc1ccc(NCc2cnn(C)c2C)cc1F. The molecule has 5 heteroatoms. The molecule has 0 bridgehead atoms. The number of aromatic nitrogens is 2. The Morgan fingerprint density at radius 2 is 2.22 bits per heavy atom. The second-order valence-corrected chi connectivity index (χ2v) is 4.08. The number of nitrogens with zero attached hydrogens (tertiary/aromatic N) is 2. The summed E-state index contributed by atoms with van der Waals surface area (Å²) < 4.78 is 20.2. The van der Waals surface area contributed by atoms with Gasteiger partial charge in [-0.25, -0.2) is 4.39 Å². The molecule has 1 N–H and O–H groups in total. The Labute approximate surface area is 105 Å². The van der Waals surface area contributed by atoms with Gasteiger partial charge in [0, 0.05) is 36.6 Å². The van der Waals surface area contributed by atoms with E-state index >= 15 is 0 Å². The first-order chi connectivity index (χ1) is 8.61. The monoisotopic (exact) mass is 249 g/mol. The highest BCUT2D eigenvalue weighted by Gasteiger charge is 2.05. The molecule has 0 aliphatic carbocycles. The summed E-state index contributed by atoms with van der Waals surface area (Å²) in [7, 11) is 3.34. The molecule has 1 aromatic carbocycles. The maximum atomic E-state index is 13.5. The van der Waals surface area contributed by atoms with Crippen molar-refractivity contribution >= 4 is 5.69 Å². The van der Waals surface area contributed by atoms with Crippen LogP contribution in [0.1, 0.15) is 11.3 Å². The summed E-state index contributed by atoms with van der Waals surface area (Å²) in [5.41, 5.74) is 2.90. The molecule has 0 spiro atoms. The van der Waals surface area contributed by atoms with Gasteiger partial charge in [-0.15, -0.1) is 0 Å². The third-order valence-electron chi connectivity index (χ3n) is 2.97. The van der Waals surface area contributed by atoms with Gasteiger partial charge in [-0.3, -0.25) is 4.68 Å². The van der Waals surface area contributed by atoms with E-state index in [9.17, 15) is 4.39 Å². The van der Waals surface area contributed by atoms with E-state index in [1.165, 1.54) is 13.2 Å². The molecule has 0 aliphatic heterocycles. The van der Waals surface area contributed by atoms with E-state index in [0.29, 0.717) is 6.54 Å². The molecule has 0 radical (unpaired) electrons. The highest BCUT2D eigenvalue weighted by atomic mass is 19.1. The summed E-state index contributed by atoms with van der Waals surface area (Å²) >= 11 is 0. The van der Waals surface area contributed by atoms with Crippen LogP contribution in [0.5, 0.6) is 5.75 Å². The highest BCUT2D eigenvalue weighted by Crippen LogP contribution is 2.21. The third-order valence-corrected chi connectivity index (χ3v) is 2.97. The maximum absolute atomic E-state index is 13.5. The summed E-state index contributed by atoms with van der Waals surface area (Å²) in [5.74, 6) is -0.122. The summed E-state index contributed by atoms with van der Waals surface area (Å²) in [6, 6.07) is 4.81. The molecule has 0 unspecified atom stereocenters. The number of nitrogens with one attached hydrogen (secondary N) is 1. The smallest absolute Gasteiger partial charge is 0.167 e. The van der Waals surface area contributed by atoms with Crippen molar-refractivity contribution in [1.82, 2.24) is 9.78 Å². The maximum Gasteiger partial charge on any atom is 0.167 e. The van der Waals surface area contributed by atoms with Crippen LogP contribution < -0.4 is 10.1 Å². The van der Waals surface area contributed by atoms with Crippen LogP contribution in [-0.2, 0) is 13.6 Å². The number of ether oxygens (including phenoxy) is 1. The van der Waals surface area contributed by atoms with Crippen molar-refractivity contribution in [3.63, 3.8) is 0 Å². The zero-order valence-corrected chi connectivity index (χ0v) is 10.7. The first-order valence-electron chi connectivity index (χ1n) is 5.66. The van der Waals surface area contributed by atoms with Crippen LogP contribution >= 0.6 is 0 Å². The highest BCUT2D eigenvalue weighted by molar-refractivity contribution is 5.47. The third kappa shape index (κ3) is 2.45. The fraction of sp³-hybridized carbons (Fsp3) is 0.308. The summed E-state index contributed by atoms with van der Waals surface area (Å²) in [4.78, 5) is 0. The number of hydrogen-bond acceptors (Lipinski definition) is 3. The Morgan fingerprint density at radius 1 is 1.44 bits per heavy atom. The number of methoxy groups -OCH3 is 1. The second-order valence-electron chi connectivity index (χ2n) is 4.08. The van der Waals surface area contributed by atoms with Crippen molar-refractivity contribution in [2.75, 3.05) is 12.4 Å². The van der Waals surface area contributed by atoms with Gasteiger partial charge in [0.1, 0.15) is 0 Å². The Balaban J connectivity index is 2.06. The molecule has 0 saturated heterocycles. The fourth-order valence-corrected chi connectivity index (χ4v) is 1.69. The van der Waals surface area contributed by atoms with Crippen molar-refractivity contribution in [2.45, 2.75) is 13.5 Å². The number of hydrogen-bond donors (Lipinski definition) is 1. The Hall–Kier alpha value is -2.04. The van der Waals surface area contributed by atoms with Gasteiger partial charge in [0.15, 0.2) is 11.6 Å². The van der Waals surface area contributed by atoms with Gasteiger partial charge < -0.3 is 10.1 Å². The predicted molar refractivity (Wildman–Crippen MR) is 68.2 cm³/mol. The summed E-state index contributed by atoms with van der Waals surface area (Å²) in [5, 5.41) is 7.31. The van der Waals surface area contributed by atoms with E-state index in [1.807, 2.05) is 24.9 Å². The fourth-order valence-electron chi connectivity index (χ4n) is 1.69. The summed E-state index contributed by atoms with van der Waals surface area (Å²) in [6.07, 6.45) is 1.81. The lowest BCUT2D eigenvalue weighted by Crippen LogP contribution is -2.02. The molecule has 1 heterocycles. The molecule has 2 rings (SSSR count). The molecular formula is C13H16FN3O. The molecule has 18 heavy (non-hydrogen) atoms. The molecular weight excluding hydrogens is 233 g/mol. The average molecular weight is 249 g/mol. The van der Waals surface area contributed by atoms with Crippen LogP contribution in [0.2, 0.25) is 0 Å². The minimum absolute atomic E-state index is 0.248. The number of aryl methyl sites for hydroxylation is 1. The van der Waals surface area contributed by atoms with E-state index in [-0.39, 0.29) is 11.6 Å². The van der Waals surface area contributed by atoms with Crippen LogP contribution in [0.25, 0.3) is 0 Å². The van der Waals surface area contributed by atoms with Crippen molar-refractivity contribution in [1.29, 1.82) is 0 Å². The number of rotatable bonds is 4. The Morgan fingerprint density at radius 3 is 2.78 bits per heavy atom. The molecule has 2 aromatic rings. The van der Waals surface area contributed by atoms with Gasteiger partial charge in [-0.2, -0.15) is 5.10 Å². The lowest BCUT2D eigenvalue weighted by Gasteiger charge is -2.08. The Kier molecular flexibility index (Phi) is 3.50. The minimum atomic E-state index is -0.370. The van der Waals surface area contributed by atoms with Crippen molar-refractivity contribution < 1.29 is 9.13 Å². The molecule has 4 nitrogen and oxygen atoms in total. The predicted octanol–water partition coefficient (Wildman–Crippen LogP) is 2.49. The van der Waals surface area contributed by atoms with Gasteiger partial charge in [0.25, 0.3) is 0 Å². The molecule has 0 saturated carbocycles. The quantitative estimate of drug-likeness (QED) is 0.904. The molecule has 0 atom stereocenters. The van der Waals surface area contributed by atoms with E-state index in [4.69, 9.17) is 4.74 Å². The number of halogens is 1. The standard InChI is InChI=1S/C13H16FN3O/c1-9-10(8-16-17(9)2)7-15-11-4-5-13(18-3)12(14)6-11/h4-6,8,15H,7H2,1-3H3. The largest absolute Gasteiger partial charge is 0.494 e. The van der Waals surface area contributed by atoms with Gasteiger partial charge in [-0.05, 0) is 19.1 Å². The topological polar surface area (TPSA) is 39.1 Å². The molecule has 0 aliphatic rings. The Bertz CT molecular complexity index is 551. The lowest BCUT2D eigenvalue weighted by atomic mass is 10.2.